The molecule has 0 amide bonds. The molecule has 0 atom stereocenters. The molecule has 90 valence electrons. The quantitative estimate of drug-likeness (QED) is 0.753. The number of aryl methyl sites for hydroxylation is 1. The molecular formula is C15H20N2. The number of hydrogen-bond donors (Lipinski definition) is 2. The van der Waals surface area contributed by atoms with Gasteiger partial charge in [-0.2, -0.15) is 0 Å². The molecular weight excluding hydrogens is 208 g/mol. The third-order valence-electron chi connectivity index (χ3n) is 2.93. The lowest BCUT2D eigenvalue weighted by atomic mass is 10.0. The largest absolute Gasteiger partial charge is 0.361 e. The molecule has 1 heterocycles. The highest BCUT2D eigenvalue weighted by molar-refractivity contribution is 5.64. The molecule has 2 rings (SSSR count). The van der Waals surface area contributed by atoms with E-state index in [2.05, 4.69) is 48.4 Å². The smallest absolute Gasteiger partial charge is 0.0456 e. The van der Waals surface area contributed by atoms with E-state index in [1.54, 1.807) is 0 Å². The van der Waals surface area contributed by atoms with E-state index in [4.69, 9.17) is 0 Å². The Balaban J connectivity index is 2.12. The first-order valence-electron chi connectivity index (χ1n) is 6.25. The van der Waals surface area contributed by atoms with Gasteiger partial charge >= 0.3 is 0 Å². The Morgan fingerprint density at radius 2 is 2.12 bits per heavy atom. The molecule has 0 aliphatic carbocycles. The molecule has 2 N–H and O–H groups in total. The maximum Gasteiger partial charge on any atom is 0.0456 e. The standard InChI is InChI=1S/C15H20N2/c1-3-8-16-11-13-6-7-14(12(2)10-13)15-5-4-9-17-15/h4-7,9-10,16-17H,3,8,11H2,1-2H3. The van der Waals surface area contributed by atoms with E-state index in [9.17, 15) is 0 Å². The summed E-state index contributed by atoms with van der Waals surface area (Å²) in [6, 6.07) is 10.8. The van der Waals surface area contributed by atoms with Gasteiger partial charge in [-0.3, -0.25) is 0 Å². The maximum atomic E-state index is 3.42. The van der Waals surface area contributed by atoms with E-state index in [1.807, 2.05) is 12.3 Å². The highest BCUT2D eigenvalue weighted by Gasteiger charge is 2.03. The van der Waals surface area contributed by atoms with Crippen LogP contribution in [0.3, 0.4) is 0 Å². The molecule has 2 heteroatoms. The first-order chi connectivity index (χ1) is 8.31. The zero-order valence-corrected chi connectivity index (χ0v) is 10.6. The van der Waals surface area contributed by atoms with Gasteiger partial charge in [-0.15, -0.1) is 0 Å². The van der Waals surface area contributed by atoms with Crippen LogP contribution in [0.15, 0.2) is 36.5 Å². The minimum Gasteiger partial charge on any atom is -0.361 e. The Bertz CT molecular complexity index is 458. The summed E-state index contributed by atoms with van der Waals surface area (Å²) in [5.41, 5.74) is 5.15. The molecule has 0 saturated carbocycles. The monoisotopic (exact) mass is 228 g/mol. The summed E-state index contributed by atoms with van der Waals surface area (Å²) in [7, 11) is 0. The lowest BCUT2D eigenvalue weighted by molar-refractivity contribution is 0.675. The predicted molar refractivity (Wildman–Crippen MR) is 73.0 cm³/mol. The Morgan fingerprint density at radius 3 is 2.76 bits per heavy atom. The summed E-state index contributed by atoms with van der Waals surface area (Å²) >= 11 is 0. The van der Waals surface area contributed by atoms with Gasteiger partial charge in [0.1, 0.15) is 0 Å². The average Bonchev–Trinajstić information content (AvgIpc) is 2.83. The molecule has 0 aliphatic heterocycles. The summed E-state index contributed by atoms with van der Waals surface area (Å²) in [4.78, 5) is 3.25. The second-order valence-electron chi connectivity index (χ2n) is 4.41. The summed E-state index contributed by atoms with van der Waals surface area (Å²) < 4.78 is 0. The lowest BCUT2D eigenvalue weighted by Crippen LogP contribution is -2.13. The highest BCUT2D eigenvalue weighted by Crippen LogP contribution is 2.22. The van der Waals surface area contributed by atoms with Crippen molar-refractivity contribution in [2.45, 2.75) is 26.8 Å². The van der Waals surface area contributed by atoms with Crippen molar-refractivity contribution >= 4 is 0 Å². The maximum absolute atomic E-state index is 3.42. The minimum absolute atomic E-state index is 0.958. The SMILES string of the molecule is CCCNCc1ccc(-c2ccc[nH]2)c(C)c1. The van der Waals surface area contributed by atoms with Crippen LogP contribution in [0.4, 0.5) is 0 Å². The lowest BCUT2D eigenvalue weighted by Gasteiger charge is -2.08. The summed E-state index contributed by atoms with van der Waals surface area (Å²) in [5.74, 6) is 0. The number of aromatic amines is 1. The van der Waals surface area contributed by atoms with Crippen molar-refractivity contribution in [3.05, 3.63) is 47.7 Å². The van der Waals surface area contributed by atoms with Crippen LogP contribution < -0.4 is 5.32 Å². The molecule has 0 spiro atoms. The minimum atomic E-state index is 0.958. The topological polar surface area (TPSA) is 27.8 Å². The number of benzene rings is 1. The first kappa shape index (κ1) is 11.9. The van der Waals surface area contributed by atoms with Gasteiger partial charge in [-0.05, 0) is 43.1 Å². The van der Waals surface area contributed by atoms with Crippen LogP contribution in [0.1, 0.15) is 24.5 Å². The molecule has 0 fully saturated rings. The molecule has 2 nitrogen and oxygen atoms in total. The number of aromatic nitrogens is 1. The van der Waals surface area contributed by atoms with Crippen LogP contribution in [0, 0.1) is 6.92 Å². The van der Waals surface area contributed by atoms with Crippen molar-refractivity contribution in [2.24, 2.45) is 0 Å². The number of nitrogens with one attached hydrogen (secondary N) is 2. The molecule has 1 aromatic heterocycles. The van der Waals surface area contributed by atoms with Crippen molar-refractivity contribution in [3.8, 4) is 11.3 Å². The fraction of sp³-hybridized carbons (Fsp3) is 0.333. The molecule has 0 bridgehead atoms. The van der Waals surface area contributed by atoms with Gasteiger partial charge in [0.15, 0.2) is 0 Å². The van der Waals surface area contributed by atoms with Gasteiger partial charge in [0, 0.05) is 24.0 Å². The molecule has 17 heavy (non-hydrogen) atoms. The second kappa shape index (κ2) is 5.69. The van der Waals surface area contributed by atoms with Gasteiger partial charge in [0.05, 0.1) is 0 Å². The summed E-state index contributed by atoms with van der Waals surface area (Å²) in [6.45, 7) is 6.39. The zero-order valence-electron chi connectivity index (χ0n) is 10.6. The Kier molecular flexibility index (Phi) is 3.99. The highest BCUT2D eigenvalue weighted by atomic mass is 14.8. The number of hydrogen-bond acceptors (Lipinski definition) is 1. The van der Waals surface area contributed by atoms with Crippen LogP contribution in [0.5, 0.6) is 0 Å². The van der Waals surface area contributed by atoms with Gasteiger partial charge in [0.2, 0.25) is 0 Å². The Morgan fingerprint density at radius 1 is 1.24 bits per heavy atom. The van der Waals surface area contributed by atoms with Crippen molar-refractivity contribution < 1.29 is 0 Å². The van der Waals surface area contributed by atoms with E-state index in [0.717, 1.165) is 13.1 Å². The molecule has 0 saturated heterocycles. The number of rotatable bonds is 5. The van der Waals surface area contributed by atoms with Crippen LogP contribution >= 0.6 is 0 Å². The van der Waals surface area contributed by atoms with Gasteiger partial charge in [-0.1, -0.05) is 25.1 Å². The molecule has 0 unspecified atom stereocenters. The van der Waals surface area contributed by atoms with Gasteiger partial charge in [0.25, 0.3) is 0 Å². The summed E-state index contributed by atoms with van der Waals surface area (Å²) in [5, 5.41) is 3.42. The van der Waals surface area contributed by atoms with Crippen LogP contribution in [0.25, 0.3) is 11.3 Å². The third kappa shape index (κ3) is 2.98. The fourth-order valence-electron chi connectivity index (χ4n) is 2.05. The van der Waals surface area contributed by atoms with Crippen molar-refractivity contribution in [1.82, 2.24) is 10.3 Å². The molecule has 0 aliphatic rings. The fourth-order valence-corrected chi connectivity index (χ4v) is 2.05. The Labute approximate surface area is 103 Å². The van der Waals surface area contributed by atoms with Crippen molar-refractivity contribution in [1.29, 1.82) is 0 Å². The van der Waals surface area contributed by atoms with E-state index >= 15 is 0 Å². The Hall–Kier alpha value is -1.54. The van der Waals surface area contributed by atoms with Crippen molar-refractivity contribution in [3.63, 3.8) is 0 Å². The van der Waals surface area contributed by atoms with E-state index in [0.29, 0.717) is 0 Å². The second-order valence-corrected chi connectivity index (χ2v) is 4.41. The van der Waals surface area contributed by atoms with Crippen molar-refractivity contribution in [2.75, 3.05) is 6.54 Å². The first-order valence-corrected chi connectivity index (χ1v) is 6.25. The predicted octanol–water partition coefficient (Wildman–Crippen LogP) is 3.49. The molecule has 1 aromatic carbocycles. The molecule has 0 radical (unpaired) electrons. The van der Waals surface area contributed by atoms with Crippen LogP contribution in [-0.4, -0.2) is 11.5 Å². The van der Waals surface area contributed by atoms with Gasteiger partial charge < -0.3 is 10.3 Å². The normalized spacial score (nSPS) is 10.7. The average molecular weight is 228 g/mol. The number of H-pyrrole nitrogens is 1. The van der Waals surface area contributed by atoms with E-state index < -0.39 is 0 Å². The van der Waals surface area contributed by atoms with E-state index in [-0.39, 0.29) is 0 Å². The van der Waals surface area contributed by atoms with E-state index in [1.165, 1.54) is 28.8 Å². The van der Waals surface area contributed by atoms with Gasteiger partial charge in [-0.25, -0.2) is 0 Å². The third-order valence-corrected chi connectivity index (χ3v) is 2.93. The van der Waals surface area contributed by atoms with Crippen LogP contribution in [-0.2, 0) is 6.54 Å². The van der Waals surface area contributed by atoms with Crippen LogP contribution in [0.2, 0.25) is 0 Å². The molecule has 2 aromatic rings. The zero-order chi connectivity index (χ0) is 12.1. The summed E-state index contributed by atoms with van der Waals surface area (Å²) in [6.07, 6.45) is 3.14.